The van der Waals surface area contributed by atoms with E-state index in [0.29, 0.717) is 0 Å². The van der Waals surface area contributed by atoms with Crippen LogP contribution in [0.5, 0.6) is 0 Å². The van der Waals surface area contributed by atoms with Gasteiger partial charge in [0.05, 0.1) is 0 Å². The van der Waals surface area contributed by atoms with Crippen LogP contribution in [0.3, 0.4) is 0 Å². The lowest BCUT2D eigenvalue weighted by molar-refractivity contribution is 0.255. The van der Waals surface area contributed by atoms with E-state index in [4.69, 9.17) is 0 Å². The van der Waals surface area contributed by atoms with E-state index in [1.807, 2.05) is 0 Å². The second-order valence-electron chi connectivity index (χ2n) is 4.91. The van der Waals surface area contributed by atoms with Crippen molar-refractivity contribution in [1.82, 2.24) is 5.32 Å². The van der Waals surface area contributed by atoms with Crippen LogP contribution in [0, 0.1) is 5.92 Å². The molecule has 0 radical (unpaired) electrons. The fraction of sp³-hybridized carbons (Fsp3) is 0.600. The number of rotatable bonds is 6. The van der Waals surface area contributed by atoms with Crippen molar-refractivity contribution in [3.8, 4) is 0 Å². The predicted octanol–water partition coefficient (Wildman–Crippen LogP) is 3.57. The van der Waals surface area contributed by atoms with Gasteiger partial charge in [-0.3, -0.25) is 0 Å². The van der Waals surface area contributed by atoms with E-state index in [-0.39, 0.29) is 0 Å². The molecule has 0 saturated heterocycles. The van der Waals surface area contributed by atoms with Crippen molar-refractivity contribution in [2.45, 2.75) is 38.5 Å². The summed E-state index contributed by atoms with van der Waals surface area (Å²) < 4.78 is 0. The average Bonchev–Trinajstić information content (AvgIpc) is 2.27. The standard InChI is InChI=1S/C15H23N/c1-2-11-16-12-15(14-9-6-10-14)13-7-4-3-5-8-13/h3-5,7-8,14-16H,2,6,9-12H2,1H3. The highest BCUT2D eigenvalue weighted by atomic mass is 14.9. The number of nitrogens with one attached hydrogen (secondary N) is 1. The minimum absolute atomic E-state index is 0.737. The average molecular weight is 217 g/mol. The normalized spacial score (nSPS) is 18.1. The minimum atomic E-state index is 0.737. The van der Waals surface area contributed by atoms with Gasteiger partial charge in [0.25, 0.3) is 0 Å². The maximum Gasteiger partial charge on any atom is 0.00228 e. The summed E-state index contributed by atoms with van der Waals surface area (Å²) in [4.78, 5) is 0. The summed E-state index contributed by atoms with van der Waals surface area (Å²) in [6.07, 6.45) is 5.51. The molecule has 0 heterocycles. The second-order valence-corrected chi connectivity index (χ2v) is 4.91. The molecule has 1 fully saturated rings. The van der Waals surface area contributed by atoms with Crippen molar-refractivity contribution >= 4 is 0 Å². The quantitative estimate of drug-likeness (QED) is 0.718. The van der Waals surface area contributed by atoms with Crippen LogP contribution in [0.2, 0.25) is 0 Å². The first kappa shape index (κ1) is 11.7. The van der Waals surface area contributed by atoms with Gasteiger partial charge in [0.2, 0.25) is 0 Å². The van der Waals surface area contributed by atoms with Gasteiger partial charge in [-0.25, -0.2) is 0 Å². The van der Waals surface area contributed by atoms with Crippen LogP contribution in [0.25, 0.3) is 0 Å². The molecule has 1 aliphatic rings. The lowest BCUT2D eigenvalue weighted by atomic mass is 9.73. The van der Waals surface area contributed by atoms with Crippen molar-refractivity contribution < 1.29 is 0 Å². The first-order chi connectivity index (χ1) is 7.92. The lowest BCUT2D eigenvalue weighted by Crippen LogP contribution is -2.30. The predicted molar refractivity (Wildman–Crippen MR) is 69.7 cm³/mol. The Morgan fingerprint density at radius 3 is 2.56 bits per heavy atom. The molecule has 2 rings (SSSR count). The molecule has 1 unspecified atom stereocenters. The Hall–Kier alpha value is -0.820. The highest BCUT2D eigenvalue weighted by Gasteiger charge is 2.27. The molecule has 0 bridgehead atoms. The summed E-state index contributed by atoms with van der Waals surface area (Å²) in [7, 11) is 0. The topological polar surface area (TPSA) is 12.0 Å². The van der Waals surface area contributed by atoms with E-state index in [1.54, 1.807) is 0 Å². The summed E-state index contributed by atoms with van der Waals surface area (Å²) >= 11 is 0. The van der Waals surface area contributed by atoms with Gasteiger partial charge >= 0.3 is 0 Å². The fourth-order valence-corrected chi connectivity index (χ4v) is 2.53. The molecule has 1 N–H and O–H groups in total. The molecular formula is C15H23N. The molecule has 0 aromatic heterocycles. The van der Waals surface area contributed by atoms with Crippen LogP contribution >= 0.6 is 0 Å². The third kappa shape index (κ3) is 2.85. The Morgan fingerprint density at radius 1 is 1.25 bits per heavy atom. The van der Waals surface area contributed by atoms with E-state index in [1.165, 1.54) is 31.2 Å². The Morgan fingerprint density at radius 2 is 2.00 bits per heavy atom. The zero-order valence-electron chi connectivity index (χ0n) is 10.3. The smallest absolute Gasteiger partial charge is 0.00228 e. The van der Waals surface area contributed by atoms with E-state index in [0.717, 1.165) is 24.9 Å². The van der Waals surface area contributed by atoms with Crippen molar-refractivity contribution in [3.05, 3.63) is 35.9 Å². The summed E-state index contributed by atoms with van der Waals surface area (Å²) in [5.74, 6) is 1.66. The maximum absolute atomic E-state index is 3.58. The first-order valence-corrected chi connectivity index (χ1v) is 6.67. The van der Waals surface area contributed by atoms with E-state index >= 15 is 0 Å². The molecule has 1 atom stereocenters. The largest absolute Gasteiger partial charge is 0.316 e. The van der Waals surface area contributed by atoms with E-state index < -0.39 is 0 Å². The molecule has 1 heteroatoms. The zero-order valence-corrected chi connectivity index (χ0v) is 10.3. The molecule has 16 heavy (non-hydrogen) atoms. The van der Waals surface area contributed by atoms with Gasteiger partial charge in [0.15, 0.2) is 0 Å². The van der Waals surface area contributed by atoms with Crippen molar-refractivity contribution in [1.29, 1.82) is 0 Å². The second kappa shape index (κ2) is 6.05. The van der Waals surface area contributed by atoms with Gasteiger partial charge in [-0.05, 0) is 43.2 Å². The molecule has 1 nitrogen and oxygen atoms in total. The van der Waals surface area contributed by atoms with Gasteiger partial charge in [0, 0.05) is 6.54 Å². The Labute approximate surface area is 99.3 Å². The van der Waals surface area contributed by atoms with Crippen LogP contribution in [0.1, 0.15) is 44.1 Å². The summed E-state index contributed by atoms with van der Waals surface area (Å²) in [6.45, 7) is 4.53. The Kier molecular flexibility index (Phi) is 4.41. The minimum Gasteiger partial charge on any atom is -0.316 e. The van der Waals surface area contributed by atoms with E-state index in [2.05, 4.69) is 42.6 Å². The van der Waals surface area contributed by atoms with Crippen molar-refractivity contribution in [2.24, 2.45) is 5.92 Å². The lowest BCUT2D eigenvalue weighted by Gasteiger charge is -2.34. The van der Waals surface area contributed by atoms with Crippen molar-refractivity contribution in [2.75, 3.05) is 13.1 Å². The zero-order chi connectivity index (χ0) is 11.2. The Bertz CT molecular complexity index is 290. The highest BCUT2D eigenvalue weighted by molar-refractivity contribution is 5.21. The monoisotopic (exact) mass is 217 g/mol. The van der Waals surface area contributed by atoms with Crippen LogP contribution in [-0.4, -0.2) is 13.1 Å². The van der Waals surface area contributed by atoms with Gasteiger partial charge in [-0.15, -0.1) is 0 Å². The Balaban J connectivity index is 1.97. The number of hydrogen-bond donors (Lipinski definition) is 1. The molecule has 1 aromatic carbocycles. The fourth-order valence-electron chi connectivity index (χ4n) is 2.53. The number of benzene rings is 1. The third-order valence-corrected chi connectivity index (χ3v) is 3.74. The molecule has 0 aliphatic heterocycles. The highest BCUT2D eigenvalue weighted by Crippen LogP contribution is 2.38. The SMILES string of the molecule is CCCNCC(c1ccccc1)C1CCC1. The summed E-state index contributed by atoms with van der Waals surface area (Å²) in [5, 5.41) is 3.58. The van der Waals surface area contributed by atoms with Gasteiger partial charge in [0.1, 0.15) is 0 Å². The molecule has 1 aliphatic carbocycles. The first-order valence-electron chi connectivity index (χ1n) is 6.67. The molecular weight excluding hydrogens is 194 g/mol. The van der Waals surface area contributed by atoms with Gasteiger partial charge < -0.3 is 5.32 Å². The van der Waals surface area contributed by atoms with Crippen LogP contribution in [0.15, 0.2) is 30.3 Å². The maximum atomic E-state index is 3.58. The third-order valence-electron chi connectivity index (χ3n) is 3.74. The number of hydrogen-bond acceptors (Lipinski definition) is 1. The molecule has 0 amide bonds. The summed E-state index contributed by atoms with van der Waals surface area (Å²) in [6, 6.07) is 11.0. The van der Waals surface area contributed by atoms with Crippen molar-refractivity contribution in [3.63, 3.8) is 0 Å². The summed E-state index contributed by atoms with van der Waals surface area (Å²) in [5.41, 5.74) is 1.52. The van der Waals surface area contributed by atoms with Gasteiger partial charge in [-0.1, -0.05) is 43.7 Å². The van der Waals surface area contributed by atoms with Gasteiger partial charge in [-0.2, -0.15) is 0 Å². The van der Waals surface area contributed by atoms with Crippen LogP contribution in [-0.2, 0) is 0 Å². The molecule has 1 saturated carbocycles. The van der Waals surface area contributed by atoms with Crippen LogP contribution < -0.4 is 5.32 Å². The van der Waals surface area contributed by atoms with E-state index in [9.17, 15) is 0 Å². The molecule has 1 aromatic rings. The molecule has 88 valence electrons. The van der Waals surface area contributed by atoms with Crippen LogP contribution in [0.4, 0.5) is 0 Å². The molecule has 0 spiro atoms.